The summed E-state index contributed by atoms with van der Waals surface area (Å²) in [6.07, 6.45) is 0. The molecular formula is C3H8N2O2. The zero-order valence-electron chi connectivity index (χ0n) is 4.06. The van der Waals surface area contributed by atoms with Crippen LogP contribution < -0.4 is 10.8 Å². The minimum atomic E-state index is -0.234. The van der Waals surface area contributed by atoms with Crippen LogP contribution in [-0.4, -0.2) is 24.7 Å². The standard InChI is InChI=1S/C3H8N2O2/c1-4-3(6)2-5-7/h5,7H,2H2,1H3,(H,4,6). The highest BCUT2D eigenvalue weighted by atomic mass is 16.5. The van der Waals surface area contributed by atoms with Crippen LogP contribution in [-0.2, 0) is 4.79 Å². The Morgan fingerprint density at radius 2 is 2.43 bits per heavy atom. The molecule has 0 aromatic heterocycles. The van der Waals surface area contributed by atoms with Crippen molar-refractivity contribution < 1.29 is 10.0 Å². The van der Waals surface area contributed by atoms with E-state index in [9.17, 15) is 4.79 Å². The quantitative estimate of drug-likeness (QED) is 0.382. The molecule has 1 amide bonds. The summed E-state index contributed by atoms with van der Waals surface area (Å²) in [4.78, 5) is 10.1. The number of hydrogen-bond donors (Lipinski definition) is 3. The van der Waals surface area contributed by atoms with E-state index in [2.05, 4.69) is 5.32 Å². The van der Waals surface area contributed by atoms with Gasteiger partial charge in [0, 0.05) is 7.05 Å². The van der Waals surface area contributed by atoms with Gasteiger partial charge >= 0.3 is 0 Å². The van der Waals surface area contributed by atoms with Crippen LogP contribution in [0.25, 0.3) is 0 Å². The van der Waals surface area contributed by atoms with Gasteiger partial charge in [-0.2, -0.15) is 5.48 Å². The molecule has 0 aliphatic rings. The summed E-state index contributed by atoms with van der Waals surface area (Å²) in [5.74, 6) is -0.234. The first-order valence-corrected chi connectivity index (χ1v) is 1.88. The van der Waals surface area contributed by atoms with Gasteiger partial charge in [0.15, 0.2) is 0 Å². The van der Waals surface area contributed by atoms with Gasteiger partial charge in [-0.15, -0.1) is 0 Å². The average molecular weight is 104 g/mol. The van der Waals surface area contributed by atoms with Crippen molar-refractivity contribution in [2.45, 2.75) is 0 Å². The number of carbonyl (C=O) groups is 1. The van der Waals surface area contributed by atoms with Crippen LogP contribution in [0.2, 0.25) is 0 Å². The molecule has 0 rings (SSSR count). The summed E-state index contributed by atoms with van der Waals surface area (Å²) < 4.78 is 0. The van der Waals surface area contributed by atoms with Gasteiger partial charge in [-0.1, -0.05) is 0 Å². The average Bonchev–Trinajstić information content (AvgIpc) is 1.68. The second-order valence-electron chi connectivity index (χ2n) is 1.01. The van der Waals surface area contributed by atoms with Gasteiger partial charge in [0.05, 0.1) is 6.54 Å². The van der Waals surface area contributed by atoms with Gasteiger partial charge in [-0.3, -0.25) is 4.79 Å². The van der Waals surface area contributed by atoms with Crippen molar-refractivity contribution in [2.24, 2.45) is 0 Å². The SMILES string of the molecule is CNC(=O)CNO. The third-order valence-electron chi connectivity index (χ3n) is 0.518. The molecule has 0 aliphatic heterocycles. The Balaban J connectivity index is 3.00. The van der Waals surface area contributed by atoms with Crippen molar-refractivity contribution in [3.8, 4) is 0 Å². The monoisotopic (exact) mass is 104 g/mol. The molecule has 0 unspecified atom stereocenters. The number of hydroxylamine groups is 1. The molecule has 7 heavy (non-hydrogen) atoms. The molecule has 0 heterocycles. The van der Waals surface area contributed by atoms with Gasteiger partial charge in [-0.05, 0) is 0 Å². The van der Waals surface area contributed by atoms with E-state index in [0.29, 0.717) is 0 Å². The molecule has 0 atom stereocenters. The maximum Gasteiger partial charge on any atom is 0.236 e. The van der Waals surface area contributed by atoms with Gasteiger partial charge in [-0.25, -0.2) is 0 Å². The first kappa shape index (κ1) is 6.39. The van der Waals surface area contributed by atoms with Crippen LogP contribution in [0.5, 0.6) is 0 Å². The number of amides is 1. The molecule has 0 saturated carbocycles. The maximum atomic E-state index is 10.1. The zero-order valence-corrected chi connectivity index (χ0v) is 4.06. The van der Waals surface area contributed by atoms with Crippen molar-refractivity contribution in [1.82, 2.24) is 10.8 Å². The molecule has 0 aliphatic carbocycles. The van der Waals surface area contributed by atoms with Crippen molar-refractivity contribution >= 4 is 5.91 Å². The molecular weight excluding hydrogens is 96.0 g/mol. The van der Waals surface area contributed by atoms with Crippen LogP contribution in [0.15, 0.2) is 0 Å². The molecule has 0 saturated heterocycles. The zero-order chi connectivity index (χ0) is 5.70. The lowest BCUT2D eigenvalue weighted by Crippen LogP contribution is -2.29. The number of rotatable bonds is 2. The number of nitrogens with one attached hydrogen (secondary N) is 2. The number of carbonyl (C=O) groups excluding carboxylic acids is 1. The third kappa shape index (κ3) is 3.21. The molecule has 4 heteroatoms. The lowest BCUT2D eigenvalue weighted by atomic mass is 10.6. The van der Waals surface area contributed by atoms with E-state index in [1.165, 1.54) is 7.05 Å². The van der Waals surface area contributed by atoms with Crippen LogP contribution >= 0.6 is 0 Å². The molecule has 42 valence electrons. The molecule has 0 bridgehead atoms. The first-order chi connectivity index (χ1) is 3.31. The molecule has 4 nitrogen and oxygen atoms in total. The Morgan fingerprint density at radius 3 is 2.57 bits per heavy atom. The highest BCUT2D eigenvalue weighted by molar-refractivity contribution is 5.77. The smallest absolute Gasteiger partial charge is 0.236 e. The number of likely N-dealkylation sites (N-methyl/N-ethyl adjacent to an activating group) is 1. The van der Waals surface area contributed by atoms with E-state index in [-0.39, 0.29) is 12.5 Å². The van der Waals surface area contributed by atoms with Gasteiger partial charge in [0.2, 0.25) is 5.91 Å². The Bertz CT molecular complexity index is 64.0. The van der Waals surface area contributed by atoms with Crippen molar-refractivity contribution in [3.05, 3.63) is 0 Å². The lowest BCUT2D eigenvalue weighted by Gasteiger charge is -1.92. The van der Waals surface area contributed by atoms with E-state index in [4.69, 9.17) is 5.21 Å². The van der Waals surface area contributed by atoms with Crippen LogP contribution in [0.3, 0.4) is 0 Å². The predicted octanol–water partition coefficient (Wildman–Crippen LogP) is -1.29. The highest BCUT2D eigenvalue weighted by Gasteiger charge is 1.90. The summed E-state index contributed by atoms with van der Waals surface area (Å²) in [6, 6.07) is 0. The van der Waals surface area contributed by atoms with E-state index < -0.39 is 0 Å². The van der Waals surface area contributed by atoms with Gasteiger partial charge in [0.25, 0.3) is 0 Å². The summed E-state index contributed by atoms with van der Waals surface area (Å²) in [7, 11) is 1.50. The van der Waals surface area contributed by atoms with E-state index in [1.54, 1.807) is 5.48 Å². The predicted molar refractivity (Wildman–Crippen MR) is 23.9 cm³/mol. The molecule has 0 aromatic carbocycles. The van der Waals surface area contributed by atoms with Crippen LogP contribution in [0.4, 0.5) is 0 Å². The van der Waals surface area contributed by atoms with E-state index in [0.717, 1.165) is 0 Å². The maximum absolute atomic E-state index is 10.1. The normalized spacial score (nSPS) is 8.29. The summed E-state index contributed by atoms with van der Waals surface area (Å²) in [5, 5.41) is 10.2. The Kier molecular flexibility index (Phi) is 3.26. The molecule has 0 aromatic rings. The highest BCUT2D eigenvalue weighted by Crippen LogP contribution is 1.52. The minimum absolute atomic E-state index is 0.0451. The Labute approximate surface area is 41.5 Å². The fraction of sp³-hybridized carbons (Fsp3) is 0.667. The fourth-order valence-electron chi connectivity index (χ4n) is 0.160. The second-order valence-corrected chi connectivity index (χ2v) is 1.01. The van der Waals surface area contributed by atoms with Crippen LogP contribution in [0, 0.1) is 0 Å². The largest absolute Gasteiger partial charge is 0.358 e. The fourth-order valence-corrected chi connectivity index (χ4v) is 0.160. The molecule has 0 spiro atoms. The first-order valence-electron chi connectivity index (χ1n) is 1.88. The molecule has 0 radical (unpaired) electrons. The lowest BCUT2D eigenvalue weighted by molar-refractivity contribution is -0.121. The van der Waals surface area contributed by atoms with Crippen molar-refractivity contribution in [3.63, 3.8) is 0 Å². The second kappa shape index (κ2) is 3.58. The van der Waals surface area contributed by atoms with E-state index >= 15 is 0 Å². The summed E-state index contributed by atoms with van der Waals surface area (Å²) >= 11 is 0. The summed E-state index contributed by atoms with van der Waals surface area (Å²) in [5.41, 5.74) is 1.71. The molecule has 3 N–H and O–H groups in total. The minimum Gasteiger partial charge on any atom is -0.358 e. The Morgan fingerprint density at radius 1 is 1.86 bits per heavy atom. The van der Waals surface area contributed by atoms with Crippen molar-refractivity contribution in [1.29, 1.82) is 0 Å². The molecule has 0 fully saturated rings. The van der Waals surface area contributed by atoms with Gasteiger partial charge in [0.1, 0.15) is 0 Å². The number of hydrogen-bond acceptors (Lipinski definition) is 3. The third-order valence-corrected chi connectivity index (χ3v) is 0.518. The van der Waals surface area contributed by atoms with Crippen molar-refractivity contribution in [2.75, 3.05) is 13.6 Å². The Hall–Kier alpha value is -0.610. The van der Waals surface area contributed by atoms with Crippen LogP contribution in [0.1, 0.15) is 0 Å². The van der Waals surface area contributed by atoms with E-state index in [1.807, 2.05) is 0 Å². The summed E-state index contributed by atoms with van der Waals surface area (Å²) in [6.45, 7) is -0.0451. The van der Waals surface area contributed by atoms with Gasteiger partial charge < -0.3 is 10.5 Å². The topological polar surface area (TPSA) is 61.4 Å².